The standard InChI is InChI=1S/C22H26N4O3/c1-15-24-21(23-11-10-16-6-5-7-17(12-16)27-2)14-22(25-15)26-19-13-18(28-3)8-9-20(19)29-4/h5-9,12-14H,10-11H2,1-4H3,(H2,23,24,25,26). The molecule has 0 aliphatic carbocycles. The van der Waals surface area contributed by atoms with Crippen LogP contribution in [0.1, 0.15) is 11.4 Å². The topological polar surface area (TPSA) is 77.5 Å². The van der Waals surface area contributed by atoms with Gasteiger partial charge >= 0.3 is 0 Å². The highest BCUT2D eigenvalue weighted by Gasteiger charge is 2.08. The van der Waals surface area contributed by atoms with Crippen molar-refractivity contribution in [3.8, 4) is 17.2 Å². The second-order valence-corrected chi connectivity index (χ2v) is 6.41. The Morgan fingerprint density at radius 1 is 0.828 bits per heavy atom. The molecule has 152 valence electrons. The van der Waals surface area contributed by atoms with E-state index in [-0.39, 0.29) is 0 Å². The highest BCUT2D eigenvalue weighted by molar-refractivity contribution is 5.67. The number of rotatable bonds is 9. The van der Waals surface area contributed by atoms with Crippen molar-refractivity contribution < 1.29 is 14.2 Å². The Balaban J connectivity index is 1.70. The molecule has 3 aromatic rings. The predicted octanol–water partition coefficient (Wildman–Crippen LogP) is 4.21. The van der Waals surface area contributed by atoms with Crippen LogP contribution in [-0.4, -0.2) is 37.8 Å². The lowest BCUT2D eigenvalue weighted by Crippen LogP contribution is -2.08. The summed E-state index contributed by atoms with van der Waals surface area (Å²) in [5.41, 5.74) is 1.97. The summed E-state index contributed by atoms with van der Waals surface area (Å²) in [7, 11) is 4.93. The molecule has 7 nitrogen and oxygen atoms in total. The van der Waals surface area contributed by atoms with Crippen molar-refractivity contribution in [2.45, 2.75) is 13.3 Å². The fourth-order valence-corrected chi connectivity index (χ4v) is 2.93. The van der Waals surface area contributed by atoms with Gasteiger partial charge in [-0.1, -0.05) is 12.1 Å². The lowest BCUT2D eigenvalue weighted by atomic mass is 10.1. The molecule has 0 spiro atoms. The molecule has 0 unspecified atom stereocenters. The number of benzene rings is 2. The SMILES string of the molecule is COc1cccc(CCNc2cc(Nc3cc(OC)ccc3OC)nc(C)n2)c1. The average molecular weight is 394 g/mol. The minimum Gasteiger partial charge on any atom is -0.497 e. The zero-order valence-corrected chi connectivity index (χ0v) is 17.2. The van der Waals surface area contributed by atoms with E-state index in [2.05, 4.69) is 26.7 Å². The molecule has 29 heavy (non-hydrogen) atoms. The first-order valence-corrected chi connectivity index (χ1v) is 9.33. The van der Waals surface area contributed by atoms with E-state index in [9.17, 15) is 0 Å². The van der Waals surface area contributed by atoms with Crippen LogP contribution in [0.25, 0.3) is 0 Å². The van der Waals surface area contributed by atoms with Crippen LogP contribution in [-0.2, 0) is 6.42 Å². The molecule has 7 heteroatoms. The lowest BCUT2D eigenvalue weighted by molar-refractivity contribution is 0.405. The van der Waals surface area contributed by atoms with Gasteiger partial charge in [-0.05, 0) is 43.2 Å². The molecule has 0 amide bonds. The minimum atomic E-state index is 0.667. The fourth-order valence-electron chi connectivity index (χ4n) is 2.93. The van der Waals surface area contributed by atoms with Gasteiger partial charge in [-0.25, -0.2) is 9.97 Å². The van der Waals surface area contributed by atoms with E-state index in [0.717, 1.165) is 36.0 Å². The average Bonchev–Trinajstić information content (AvgIpc) is 2.73. The summed E-state index contributed by atoms with van der Waals surface area (Å²) in [6.07, 6.45) is 0.854. The van der Waals surface area contributed by atoms with Gasteiger partial charge in [-0.15, -0.1) is 0 Å². The first-order chi connectivity index (χ1) is 14.1. The molecule has 2 N–H and O–H groups in total. The van der Waals surface area contributed by atoms with Gasteiger partial charge in [0.25, 0.3) is 0 Å². The molecule has 0 saturated heterocycles. The number of hydrogen-bond donors (Lipinski definition) is 2. The van der Waals surface area contributed by atoms with Crippen molar-refractivity contribution in [2.75, 3.05) is 38.5 Å². The van der Waals surface area contributed by atoms with Gasteiger partial charge in [0.1, 0.15) is 34.7 Å². The zero-order chi connectivity index (χ0) is 20.6. The van der Waals surface area contributed by atoms with Gasteiger partial charge < -0.3 is 24.8 Å². The first-order valence-electron chi connectivity index (χ1n) is 9.33. The van der Waals surface area contributed by atoms with Crippen LogP contribution in [0.4, 0.5) is 17.3 Å². The normalized spacial score (nSPS) is 10.3. The molecule has 1 aromatic heterocycles. The third-order valence-corrected chi connectivity index (χ3v) is 4.36. The zero-order valence-electron chi connectivity index (χ0n) is 17.2. The third-order valence-electron chi connectivity index (χ3n) is 4.36. The predicted molar refractivity (Wildman–Crippen MR) is 115 cm³/mol. The van der Waals surface area contributed by atoms with Crippen molar-refractivity contribution in [1.82, 2.24) is 9.97 Å². The number of nitrogens with zero attached hydrogens (tertiary/aromatic N) is 2. The van der Waals surface area contributed by atoms with Crippen molar-refractivity contribution in [2.24, 2.45) is 0 Å². The molecule has 0 saturated carbocycles. The van der Waals surface area contributed by atoms with Gasteiger partial charge in [0.2, 0.25) is 0 Å². The summed E-state index contributed by atoms with van der Waals surface area (Å²) in [5, 5.41) is 6.65. The molecular weight excluding hydrogens is 368 g/mol. The summed E-state index contributed by atoms with van der Waals surface area (Å²) in [6, 6.07) is 15.5. The van der Waals surface area contributed by atoms with E-state index in [1.807, 2.05) is 49.4 Å². The molecule has 0 fully saturated rings. The summed E-state index contributed by atoms with van der Waals surface area (Å²) in [4.78, 5) is 8.95. The van der Waals surface area contributed by atoms with Crippen LogP contribution in [0.3, 0.4) is 0 Å². The molecular formula is C22H26N4O3. The van der Waals surface area contributed by atoms with Crippen LogP contribution in [0, 0.1) is 6.92 Å². The maximum atomic E-state index is 5.42. The Bertz CT molecular complexity index is 963. The molecule has 2 aromatic carbocycles. The Hall–Kier alpha value is -3.48. The van der Waals surface area contributed by atoms with Gasteiger partial charge in [0, 0.05) is 18.7 Å². The monoisotopic (exact) mass is 394 g/mol. The van der Waals surface area contributed by atoms with Crippen molar-refractivity contribution in [1.29, 1.82) is 0 Å². The van der Waals surface area contributed by atoms with E-state index in [1.165, 1.54) is 5.56 Å². The Labute approximate surface area is 171 Å². The van der Waals surface area contributed by atoms with Crippen molar-refractivity contribution >= 4 is 17.3 Å². The minimum absolute atomic E-state index is 0.667. The number of aromatic nitrogens is 2. The second-order valence-electron chi connectivity index (χ2n) is 6.41. The number of anilines is 3. The van der Waals surface area contributed by atoms with Gasteiger partial charge in [0.15, 0.2) is 0 Å². The summed E-state index contributed by atoms with van der Waals surface area (Å²) in [6.45, 7) is 2.60. The maximum Gasteiger partial charge on any atom is 0.142 e. The van der Waals surface area contributed by atoms with Crippen LogP contribution in [0.2, 0.25) is 0 Å². The Kier molecular flexibility index (Phi) is 6.73. The van der Waals surface area contributed by atoms with Crippen LogP contribution in [0.15, 0.2) is 48.5 Å². The second kappa shape index (κ2) is 9.64. The summed E-state index contributed by atoms with van der Waals surface area (Å²) < 4.78 is 16.0. The number of ether oxygens (including phenoxy) is 3. The van der Waals surface area contributed by atoms with E-state index in [0.29, 0.717) is 17.4 Å². The van der Waals surface area contributed by atoms with Crippen molar-refractivity contribution in [3.63, 3.8) is 0 Å². The lowest BCUT2D eigenvalue weighted by Gasteiger charge is -2.14. The van der Waals surface area contributed by atoms with E-state index >= 15 is 0 Å². The van der Waals surface area contributed by atoms with Crippen LogP contribution in [0.5, 0.6) is 17.2 Å². The quantitative estimate of drug-likeness (QED) is 0.563. The molecule has 0 radical (unpaired) electrons. The van der Waals surface area contributed by atoms with Crippen LogP contribution < -0.4 is 24.8 Å². The van der Waals surface area contributed by atoms with E-state index < -0.39 is 0 Å². The van der Waals surface area contributed by atoms with Gasteiger partial charge in [0.05, 0.1) is 27.0 Å². The fraction of sp³-hybridized carbons (Fsp3) is 0.273. The number of nitrogens with one attached hydrogen (secondary N) is 2. The molecule has 0 atom stereocenters. The number of hydrogen-bond acceptors (Lipinski definition) is 7. The van der Waals surface area contributed by atoms with Gasteiger partial charge in [-0.2, -0.15) is 0 Å². The van der Waals surface area contributed by atoms with E-state index in [4.69, 9.17) is 14.2 Å². The Morgan fingerprint density at radius 3 is 2.34 bits per heavy atom. The Morgan fingerprint density at radius 2 is 1.59 bits per heavy atom. The summed E-state index contributed by atoms with van der Waals surface area (Å²) in [5.74, 6) is 4.39. The van der Waals surface area contributed by atoms with Gasteiger partial charge in [-0.3, -0.25) is 0 Å². The first kappa shape index (κ1) is 20.3. The highest BCUT2D eigenvalue weighted by atomic mass is 16.5. The maximum absolute atomic E-state index is 5.42. The van der Waals surface area contributed by atoms with Crippen LogP contribution >= 0.6 is 0 Å². The molecule has 0 aliphatic heterocycles. The van der Waals surface area contributed by atoms with E-state index in [1.54, 1.807) is 21.3 Å². The largest absolute Gasteiger partial charge is 0.497 e. The molecule has 3 rings (SSSR count). The number of aryl methyl sites for hydroxylation is 1. The molecule has 1 heterocycles. The highest BCUT2D eigenvalue weighted by Crippen LogP contribution is 2.31. The number of methoxy groups -OCH3 is 3. The third kappa shape index (κ3) is 5.51. The molecule has 0 aliphatic rings. The smallest absolute Gasteiger partial charge is 0.142 e. The van der Waals surface area contributed by atoms with Crippen molar-refractivity contribution in [3.05, 3.63) is 59.9 Å². The summed E-state index contributed by atoms with van der Waals surface area (Å²) >= 11 is 0. The molecule has 0 bridgehead atoms.